The fraction of sp³-hybridized carbons (Fsp3) is 0.150. The fourth-order valence-corrected chi connectivity index (χ4v) is 2.58. The lowest BCUT2D eigenvalue weighted by atomic mass is 10.2. The number of anilines is 2. The van der Waals surface area contributed by atoms with Gasteiger partial charge in [-0.3, -0.25) is 10.1 Å². The van der Waals surface area contributed by atoms with E-state index in [0.29, 0.717) is 17.0 Å². The van der Waals surface area contributed by atoms with E-state index in [1.165, 1.54) is 13.2 Å². The van der Waals surface area contributed by atoms with E-state index in [-0.39, 0.29) is 24.1 Å². The van der Waals surface area contributed by atoms with Crippen LogP contribution >= 0.6 is 0 Å². The van der Waals surface area contributed by atoms with E-state index in [2.05, 4.69) is 15.3 Å². The van der Waals surface area contributed by atoms with Crippen LogP contribution in [0.25, 0.3) is 0 Å². The molecule has 0 aliphatic heterocycles. The Bertz CT molecular complexity index is 1070. The molecule has 0 radical (unpaired) electrons. The zero-order valence-electron chi connectivity index (χ0n) is 16.2. The molecular weight excluding hydrogens is 392 g/mol. The van der Waals surface area contributed by atoms with Crippen LogP contribution in [-0.4, -0.2) is 34.6 Å². The molecule has 0 saturated heterocycles. The van der Waals surface area contributed by atoms with E-state index in [1.807, 2.05) is 0 Å². The summed E-state index contributed by atoms with van der Waals surface area (Å²) in [4.78, 5) is 30.9. The summed E-state index contributed by atoms with van der Waals surface area (Å²) >= 11 is 0. The summed E-state index contributed by atoms with van der Waals surface area (Å²) in [6.45, 7) is 1.94. The highest BCUT2D eigenvalue weighted by Crippen LogP contribution is 2.38. The Morgan fingerprint density at radius 3 is 2.60 bits per heavy atom. The summed E-state index contributed by atoms with van der Waals surface area (Å²) in [5, 5.41) is 14.6. The highest BCUT2D eigenvalue weighted by molar-refractivity contribution is 5.90. The minimum atomic E-state index is -0.651. The van der Waals surface area contributed by atoms with Crippen LogP contribution in [0.15, 0.2) is 54.9 Å². The Labute approximate surface area is 171 Å². The maximum absolute atomic E-state index is 11.9. The summed E-state index contributed by atoms with van der Waals surface area (Å²) in [7, 11) is 1.46. The molecule has 0 unspecified atom stereocenters. The number of nitrogens with zero attached hydrogens (tertiary/aromatic N) is 3. The molecule has 0 fully saturated rings. The van der Waals surface area contributed by atoms with E-state index >= 15 is 0 Å². The topological polar surface area (TPSA) is 126 Å². The summed E-state index contributed by atoms with van der Waals surface area (Å²) in [5.41, 5.74) is 0.236. The van der Waals surface area contributed by atoms with Crippen LogP contribution in [0.5, 0.6) is 17.4 Å². The highest BCUT2D eigenvalue weighted by atomic mass is 16.6. The molecule has 0 bridgehead atoms. The van der Waals surface area contributed by atoms with Gasteiger partial charge in [0, 0.05) is 5.69 Å². The quantitative estimate of drug-likeness (QED) is 0.332. The van der Waals surface area contributed by atoms with Gasteiger partial charge >= 0.3 is 17.5 Å². The van der Waals surface area contributed by atoms with Crippen molar-refractivity contribution in [3.05, 3.63) is 70.5 Å². The van der Waals surface area contributed by atoms with Gasteiger partial charge in [-0.15, -0.1) is 0 Å². The third-order valence-electron chi connectivity index (χ3n) is 3.88. The highest BCUT2D eigenvalue weighted by Gasteiger charge is 2.26. The van der Waals surface area contributed by atoms with Crippen molar-refractivity contribution < 1.29 is 23.9 Å². The molecule has 2 aromatic carbocycles. The first-order valence-electron chi connectivity index (χ1n) is 8.88. The first-order chi connectivity index (χ1) is 14.5. The Balaban J connectivity index is 1.95. The van der Waals surface area contributed by atoms with Gasteiger partial charge in [0.05, 0.1) is 24.2 Å². The van der Waals surface area contributed by atoms with Crippen molar-refractivity contribution in [1.29, 1.82) is 0 Å². The third kappa shape index (κ3) is 4.61. The first-order valence-corrected chi connectivity index (χ1v) is 8.88. The number of nitro groups is 1. The van der Waals surface area contributed by atoms with Crippen LogP contribution in [0, 0.1) is 10.1 Å². The fourth-order valence-electron chi connectivity index (χ4n) is 2.58. The van der Waals surface area contributed by atoms with E-state index in [9.17, 15) is 14.9 Å². The van der Waals surface area contributed by atoms with Crippen LogP contribution in [0.1, 0.15) is 17.3 Å². The smallest absolute Gasteiger partial charge is 0.373 e. The molecule has 3 rings (SSSR count). The van der Waals surface area contributed by atoms with Crippen LogP contribution in [-0.2, 0) is 4.74 Å². The Morgan fingerprint density at radius 1 is 1.13 bits per heavy atom. The van der Waals surface area contributed by atoms with E-state index < -0.39 is 16.6 Å². The number of benzene rings is 2. The van der Waals surface area contributed by atoms with Gasteiger partial charge in [-0.05, 0) is 37.3 Å². The van der Waals surface area contributed by atoms with Crippen LogP contribution in [0.2, 0.25) is 0 Å². The van der Waals surface area contributed by atoms with Crippen molar-refractivity contribution in [3.63, 3.8) is 0 Å². The van der Waals surface area contributed by atoms with Gasteiger partial charge < -0.3 is 19.5 Å². The van der Waals surface area contributed by atoms with Gasteiger partial charge in [0.2, 0.25) is 5.82 Å². The molecule has 10 heteroatoms. The molecule has 1 heterocycles. The minimum Gasteiger partial charge on any atom is -0.493 e. The average molecular weight is 410 g/mol. The predicted octanol–water partition coefficient (Wildman–Crippen LogP) is 4.11. The minimum absolute atomic E-state index is 0.0964. The molecular formula is C20H18N4O6. The van der Waals surface area contributed by atoms with Crippen molar-refractivity contribution in [2.24, 2.45) is 0 Å². The average Bonchev–Trinajstić information content (AvgIpc) is 2.74. The molecule has 0 aliphatic carbocycles. The number of carbonyl (C=O) groups excluding carboxylic acids is 1. The molecule has 0 spiro atoms. The summed E-state index contributed by atoms with van der Waals surface area (Å²) in [6.07, 6.45) is 1.13. The number of carbonyl (C=O) groups is 1. The number of hydrogen-bond acceptors (Lipinski definition) is 9. The number of rotatable bonds is 8. The molecule has 0 amide bonds. The Kier molecular flexibility index (Phi) is 6.38. The largest absolute Gasteiger partial charge is 0.493 e. The Morgan fingerprint density at radius 2 is 1.90 bits per heavy atom. The van der Waals surface area contributed by atoms with Crippen molar-refractivity contribution in [2.75, 3.05) is 19.0 Å². The van der Waals surface area contributed by atoms with E-state index in [0.717, 1.165) is 6.33 Å². The molecule has 3 aromatic rings. The molecule has 1 N–H and O–H groups in total. The molecule has 30 heavy (non-hydrogen) atoms. The molecule has 154 valence electrons. The number of hydrogen-bond donors (Lipinski definition) is 1. The van der Waals surface area contributed by atoms with Crippen molar-refractivity contribution in [3.8, 4) is 17.4 Å². The summed E-state index contributed by atoms with van der Waals surface area (Å²) < 4.78 is 15.8. The number of methoxy groups -OCH3 is 1. The zero-order valence-corrected chi connectivity index (χ0v) is 16.2. The second kappa shape index (κ2) is 9.32. The van der Waals surface area contributed by atoms with Gasteiger partial charge in [-0.1, -0.05) is 18.2 Å². The second-order valence-corrected chi connectivity index (χ2v) is 5.81. The number of aromatic nitrogens is 2. The van der Waals surface area contributed by atoms with Gasteiger partial charge in [-0.2, -0.15) is 4.98 Å². The van der Waals surface area contributed by atoms with E-state index in [4.69, 9.17) is 14.2 Å². The SMILES string of the molecule is CCOC(=O)c1cccc(Nc2ncnc(Oc3ccccc3OC)c2[N+](=O)[O-])c1. The van der Waals surface area contributed by atoms with E-state index in [1.54, 1.807) is 49.4 Å². The molecule has 10 nitrogen and oxygen atoms in total. The summed E-state index contributed by atoms with van der Waals surface area (Å²) in [5.74, 6) is -0.206. The maximum atomic E-state index is 11.9. The lowest BCUT2D eigenvalue weighted by molar-refractivity contribution is -0.385. The zero-order chi connectivity index (χ0) is 21.5. The lowest BCUT2D eigenvalue weighted by Crippen LogP contribution is -2.06. The van der Waals surface area contributed by atoms with Gasteiger partial charge in [0.25, 0.3) is 0 Å². The van der Waals surface area contributed by atoms with Crippen LogP contribution < -0.4 is 14.8 Å². The van der Waals surface area contributed by atoms with Crippen LogP contribution in [0.4, 0.5) is 17.2 Å². The van der Waals surface area contributed by atoms with Crippen molar-refractivity contribution >= 4 is 23.2 Å². The number of para-hydroxylation sites is 2. The number of nitrogens with one attached hydrogen (secondary N) is 1. The summed E-state index contributed by atoms with van der Waals surface area (Å²) in [6, 6.07) is 13.0. The molecule has 0 saturated carbocycles. The van der Waals surface area contributed by atoms with Crippen LogP contribution in [0.3, 0.4) is 0 Å². The first kappa shape index (κ1) is 20.5. The van der Waals surface area contributed by atoms with Crippen molar-refractivity contribution in [2.45, 2.75) is 6.92 Å². The normalized spacial score (nSPS) is 10.2. The maximum Gasteiger partial charge on any atom is 0.373 e. The lowest BCUT2D eigenvalue weighted by Gasteiger charge is -2.11. The third-order valence-corrected chi connectivity index (χ3v) is 3.88. The molecule has 0 aliphatic rings. The monoisotopic (exact) mass is 410 g/mol. The molecule has 1 aromatic heterocycles. The van der Waals surface area contributed by atoms with Gasteiger partial charge in [-0.25, -0.2) is 9.78 Å². The molecule has 0 atom stereocenters. The number of ether oxygens (including phenoxy) is 3. The standard InChI is InChI=1S/C20H18N4O6/c1-3-29-20(25)13-7-6-8-14(11-13)23-18-17(24(26)27)19(22-12-21-18)30-16-10-5-4-9-15(16)28-2/h4-12H,3H2,1-2H3,(H,21,22,23). The predicted molar refractivity (Wildman–Crippen MR) is 107 cm³/mol. The van der Waals surface area contributed by atoms with Gasteiger partial charge in [0.1, 0.15) is 6.33 Å². The Hall–Kier alpha value is -4.21. The van der Waals surface area contributed by atoms with Gasteiger partial charge in [0.15, 0.2) is 11.5 Å². The number of esters is 1. The second-order valence-electron chi connectivity index (χ2n) is 5.81. The van der Waals surface area contributed by atoms with Crippen molar-refractivity contribution in [1.82, 2.24) is 9.97 Å².